The van der Waals surface area contributed by atoms with E-state index in [1.54, 1.807) is 11.0 Å². The number of anilines is 1. The molecule has 0 bridgehead atoms. The molecule has 1 unspecified atom stereocenters. The van der Waals surface area contributed by atoms with Crippen molar-refractivity contribution in [3.05, 3.63) is 69.1 Å². The van der Waals surface area contributed by atoms with Crippen molar-refractivity contribution in [2.24, 2.45) is 0 Å². The van der Waals surface area contributed by atoms with Crippen LogP contribution >= 0.6 is 23.4 Å². The van der Waals surface area contributed by atoms with Crippen LogP contribution in [0.5, 0.6) is 0 Å². The summed E-state index contributed by atoms with van der Waals surface area (Å²) in [6.07, 6.45) is 0.684. The Hall–Kier alpha value is -2.57. The molecular formula is C23H19ClN2O3S. The fraction of sp³-hybridized carbons (Fsp3) is 0.261. The van der Waals surface area contributed by atoms with Gasteiger partial charge in [-0.25, -0.2) is 0 Å². The Labute approximate surface area is 183 Å². The number of amides is 3. The molecule has 1 fully saturated rings. The van der Waals surface area contributed by atoms with Crippen molar-refractivity contribution in [1.82, 2.24) is 5.32 Å². The first kappa shape index (κ1) is 19.4. The van der Waals surface area contributed by atoms with E-state index in [9.17, 15) is 14.4 Å². The second-order valence-corrected chi connectivity index (χ2v) is 10.1. The predicted molar refractivity (Wildman–Crippen MR) is 119 cm³/mol. The van der Waals surface area contributed by atoms with E-state index in [1.165, 1.54) is 0 Å². The number of halogens is 1. The molecule has 30 heavy (non-hydrogen) atoms. The number of benzene rings is 2. The van der Waals surface area contributed by atoms with Crippen molar-refractivity contribution < 1.29 is 14.4 Å². The summed E-state index contributed by atoms with van der Waals surface area (Å²) in [6, 6.07) is 13.8. The first-order valence-electron chi connectivity index (χ1n) is 9.65. The Balaban J connectivity index is 1.86. The van der Waals surface area contributed by atoms with Crippen LogP contribution in [0.4, 0.5) is 10.5 Å². The summed E-state index contributed by atoms with van der Waals surface area (Å²) in [5, 5.41) is 2.28. The molecule has 7 heteroatoms. The quantitative estimate of drug-likeness (QED) is 0.645. The summed E-state index contributed by atoms with van der Waals surface area (Å²) < 4.78 is 0. The highest BCUT2D eigenvalue weighted by Gasteiger charge is 2.54. The van der Waals surface area contributed by atoms with Gasteiger partial charge in [-0.15, -0.1) is 0 Å². The maximum Gasteiger partial charge on any atom is 0.290 e. The summed E-state index contributed by atoms with van der Waals surface area (Å²) in [5.41, 5.74) is 2.86. The number of nitrogens with zero attached hydrogens (tertiary/aromatic N) is 1. The highest BCUT2D eigenvalue weighted by atomic mass is 35.5. The number of carbonyl (C=O) groups is 3. The molecule has 2 aromatic rings. The summed E-state index contributed by atoms with van der Waals surface area (Å²) in [4.78, 5) is 39.7. The normalized spacial score (nSPS) is 26.8. The van der Waals surface area contributed by atoms with E-state index >= 15 is 0 Å². The second kappa shape index (κ2) is 6.22. The van der Waals surface area contributed by atoms with Gasteiger partial charge < -0.3 is 4.90 Å². The molecule has 3 aliphatic heterocycles. The van der Waals surface area contributed by atoms with Crippen molar-refractivity contribution in [1.29, 1.82) is 0 Å². The van der Waals surface area contributed by atoms with Crippen LogP contribution in [-0.4, -0.2) is 22.6 Å². The zero-order valence-electron chi connectivity index (χ0n) is 16.7. The van der Waals surface area contributed by atoms with Crippen LogP contribution < -0.4 is 10.2 Å². The Kier molecular flexibility index (Phi) is 4.02. The molecule has 5 rings (SSSR count). The highest BCUT2D eigenvalue weighted by Crippen LogP contribution is 2.57. The maximum atomic E-state index is 13.6. The maximum absolute atomic E-state index is 13.6. The number of imide groups is 1. The van der Waals surface area contributed by atoms with E-state index in [2.05, 4.69) is 24.4 Å². The Morgan fingerprint density at radius 3 is 2.40 bits per heavy atom. The van der Waals surface area contributed by atoms with Gasteiger partial charge in [-0.3, -0.25) is 19.7 Å². The molecular weight excluding hydrogens is 420 g/mol. The first-order chi connectivity index (χ1) is 14.1. The van der Waals surface area contributed by atoms with Crippen molar-refractivity contribution in [2.75, 3.05) is 4.90 Å². The summed E-state index contributed by atoms with van der Waals surface area (Å²) in [5.74, 6) is -0.800. The fourth-order valence-electron chi connectivity index (χ4n) is 5.16. The van der Waals surface area contributed by atoms with E-state index in [1.807, 2.05) is 38.1 Å². The first-order valence-corrected chi connectivity index (χ1v) is 10.8. The average molecular weight is 439 g/mol. The van der Waals surface area contributed by atoms with Gasteiger partial charge in [-0.1, -0.05) is 48.9 Å². The molecule has 0 aromatic heterocycles. The molecule has 3 heterocycles. The lowest BCUT2D eigenvalue weighted by Gasteiger charge is -2.49. The topological polar surface area (TPSA) is 66.5 Å². The number of hydrogen-bond donors (Lipinski definition) is 1. The Bertz CT molecular complexity index is 1190. The molecule has 3 amide bonds. The number of carbonyl (C=O) groups excluding carboxylic acids is 3. The molecule has 0 saturated carbocycles. The third-order valence-corrected chi connectivity index (χ3v) is 7.32. The van der Waals surface area contributed by atoms with Gasteiger partial charge in [0.05, 0.1) is 16.2 Å². The van der Waals surface area contributed by atoms with E-state index in [0.717, 1.165) is 28.6 Å². The van der Waals surface area contributed by atoms with Gasteiger partial charge in [0.1, 0.15) is 0 Å². The lowest BCUT2D eigenvalue weighted by Crippen LogP contribution is -2.54. The minimum atomic E-state index is -0.537. The van der Waals surface area contributed by atoms with Crippen molar-refractivity contribution in [3.63, 3.8) is 0 Å². The lowest BCUT2D eigenvalue weighted by molar-refractivity contribution is -0.116. The van der Waals surface area contributed by atoms with Crippen LogP contribution in [0.15, 0.2) is 47.4 Å². The molecule has 3 aliphatic rings. The van der Waals surface area contributed by atoms with Crippen molar-refractivity contribution in [2.45, 2.75) is 38.1 Å². The van der Waals surface area contributed by atoms with Crippen LogP contribution in [0.25, 0.3) is 5.57 Å². The molecule has 0 radical (unpaired) electrons. The van der Waals surface area contributed by atoms with Gasteiger partial charge in [-0.2, -0.15) is 0 Å². The van der Waals surface area contributed by atoms with Gasteiger partial charge in [0.15, 0.2) is 0 Å². The van der Waals surface area contributed by atoms with Gasteiger partial charge in [0, 0.05) is 21.5 Å². The Morgan fingerprint density at radius 1 is 1.07 bits per heavy atom. The second-order valence-electron chi connectivity index (χ2n) is 8.73. The largest absolute Gasteiger partial charge is 0.302 e. The van der Waals surface area contributed by atoms with Crippen molar-refractivity contribution >= 4 is 51.7 Å². The van der Waals surface area contributed by atoms with Crippen LogP contribution in [0.3, 0.4) is 0 Å². The SMILES string of the molecule is CC1(c2ccccc2)CC(C)(C)N2C(=O)/C(=C3\SC(=O)NC3=O)c3cc(Cl)cc1c32. The zero-order valence-corrected chi connectivity index (χ0v) is 18.3. The van der Waals surface area contributed by atoms with E-state index < -0.39 is 16.7 Å². The van der Waals surface area contributed by atoms with Crippen LogP contribution in [0.1, 0.15) is 43.9 Å². The summed E-state index contributed by atoms with van der Waals surface area (Å²) in [6.45, 7) is 6.24. The molecule has 2 aromatic carbocycles. The lowest BCUT2D eigenvalue weighted by atomic mass is 9.65. The standard InChI is InChI=1S/C23H19ClN2O3S/c1-22(2)11-23(3,12-7-5-4-6-8-12)15-10-13(24)9-14-16(20(28)26(22)17(14)15)18-19(27)25-21(29)30-18/h4-10H,11H2,1-3H3,(H,25,27,29)/b18-16-. The minimum Gasteiger partial charge on any atom is -0.302 e. The van der Waals surface area contributed by atoms with Crippen molar-refractivity contribution in [3.8, 4) is 0 Å². The molecule has 0 aliphatic carbocycles. The molecule has 1 saturated heterocycles. The van der Waals surface area contributed by atoms with Crippen LogP contribution in [0, 0.1) is 0 Å². The summed E-state index contributed by atoms with van der Waals surface area (Å²) in [7, 11) is 0. The zero-order chi connectivity index (χ0) is 21.4. The van der Waals surface area contributed by atoms with E-state index in [4.69, 9.17) is 11.6 Å². The molecule has 0 spiro atoms. The summed E-state index contributed by atoms with van der Waals surface area (Å²) >= 11 is 7.29. The number of hydrogen-bond acceptors (Lipinski definition) is 4. The molecule has 1 N–H and O–H groups in total. The van der Waals surface area contributed by atoms with Gasteiger partial charge >= 0.3 is 0 Å². The number of nitrogens with one attached hydrogen (secondary N) is 1. The highest BCUT2D eigenvalue weighted by molar-refractivity contribution is 8.18. The van der Waals surface area contributed by atoms with E-state index in [-0.39, 0.29) is 21.8 Å². The monoisotopic (exact) mass is 438 g/mol. The van der Waals surface area contributed by atoms with E-state index in [0.29, 0.717) is 17.0 Å². The third kappa shape index (κ3) is 2.53. The minimum absolute atomic E-state index is 0.140. The molecule has 152 valence electrons. The predicted octanol–water partition coefficient (Wildman–Crippen LogP) is 4.87. The Morgan fingerprint density at radius 2 is 1.77 bits per heavy atom. The molecule has 5 nitrogen and oxygen atoms in total. The number of thioether (sulfide) groups is 1. The smallest absolute Gasteiger partial charge is 0.290 e. The van der Waals surface area contributed by atoms with Crippen LogP contribution in [0.2, 0.25) is 5.02 Å². The van der Waals surface area contributed by atoms with Gasteiger partial charge in [-0.05, 0) is 55.3 Å². The van der Waals surface area contributed by atoms with Crippen LogP contribution in [-0.2, 0) is 15.0 Å². The molecule has 1 atom stereocenters. The van der Waals surface area contributed by atoms with Gasteiger partial charge in [0.2, 0.25) is 0 Å². The number of rotatable bonds is 1. The third-order valence-electron chi connectivity index (χ3n) is 6.23. The average Bonchev–Trinajstić information content (AvgIpc) is 3.15. The fourth-order valence-corrected chi connectivity index (χ4v) is 6.15. The van der Waals surface area contributed by atoms with Gasteiger partial charge in [0.25, 0.3) is 17.1 Å².